The number of ether oxygens (including phenoxy) is 1. The maximum Gasteiger partial charge on any atom is 0.321 e. The molecule has 8 heteroatoms. The zero-order valence-electron chi connectivity index (χ0n) is 17.5. The number of hydrogen-bond donors (Lipinski definition) is 1. The number of likely N-dealkylation sites (N-methyl/N-ethyl adjacent to an activating group) is 1. The van der Waals surface area contributed by atoms with Gasteiger partial charge in [-0.3, -0.25) is 0 Å². The number of urea groups is 1. The van der Waals surface area contributed by atoms with Crippen LogP contribution in [0.4, 0.5) is 14.9 Å². The minimum absolute atomic E-state index is 0.173. The second-order valence-corrected chi connectivity index (χ2v) is 7.23. The number of anilines is 1. The molecule has 0 fully saturated rings. The van der Waals surface area contributed by atoms with Crippen LogP contribution < -0.4 is 10.1 Å². The molecule has 0 aliphatic carbocycles. The SMILES string of the molecule is Cc1ccc(OCc2nc(CCN(C)C(=O)Nc3ccc(C)c(F)c3)no2)c(C)c1. The van der Waals surface area contributed by atoms with Gasteiger partial charge in [0.05, 0.1) is 0 Å². The van der Waals surface area contributed by atoms with E-state index >= 15 is 0 Å². The second-order valence-electron chi connectivity index (χ2n) is 7.23. The quantitative estimate of drug-likeness (QED) is 0.621. The van der Waals surface area contributed by atoms with Gasteiger partial charge >= 0.3 is 6.03 Å². The van der Waals surface area contributed by atoms with E-state index in [0.29, 0.717) is 35.9 Å². The Kier molecular flexibility index (Phi) is 6.66. The first-order chi connectivity index (χ1) is 14.3. The van der Waals surface area contributed by atoms with Gasteiger partial charge in [-0.2, -0.15) is 4.98 Å². The minimum Gasteiger partial charge on any atom is -0.483 e. The van der Waals surface area contributed by atoms with Crippen LogP contribution >= 0.6 is 0 Å². The Labute approximate surface area is 174 Å². The van der Waals surface area contributed by atoms with Gasteiger partial charge in [0, 0.05) is 25.7 Å². The van der Waals surface area contributed by atoms with Crippen molar-refractivity contribution in [1.82, 2.24) is 15.0 Å². The first kappa shape index (κ1) is 21.3. The molecular formula is C22H25FN4O3. The summed E-state index contributed by atoms with van der Waals surface area (Å²) in [5.41, 5.74) is 3.13. The molecule has 2 aromatic carbocycles. The summed E-state index contributed by atoms with van der Waals surface area (Å²) >= 11 is 0. The number of hydrogen-bond acceptors (Lipinski definition) is 5. The smallest absolute Gasteiger partial charge is 0.321 e. The lowest BCUT2D eigenvalue weighted by Crippen LogP contribution is -2.33. The number of amides is 2. The highest BCUT2D eigenvalue weighted by Crippen LogP contribution is 2.20. The largest absolute Gasteiger partial charge is 0.483 e. The van der Waals surface area contributed by atoms with E-state index in [4.69, 9.17) is 9.26 Å². The van der Waals surface area contributed by atoms with Crippen LogP contribution in [0.15, 0.2) is 40.9 Å². The summed E-state index contributed by atoms with van der Waals surface area (Å²) in [6.45, 7) is 6.22. The van der Waals surface area contributed by atoms with E-state index in [-0.39, 0.29) is 18.5 Å². The summed E-state index contributed by atoms with van der Waals surface area (Å²) in [6, 6.07) is 10.2. The van der Waals surface area contributed by atoms with Gasteiger partial charge in [-0.15, -0.1) is 0 Å². The molecule has 0 aliphatic heterocycles. The Balaban J connectivity index is 1.48. The zero-order valence-corrected chi connectivity index (χ0v) is 17.5. The molecule has 1 aromatic heterocycles. The van der Waals surface area contributed by atoms with Gasteiger partial charge in [0.25, 0.3) is 5.89 Å². The number of benzene rings is 2. The average Bonchev–Trinajstić information content (AvgIpc) is 3.16. The molecule has 0 saturated heterocycles. The fourth-order valence-electron chi connectivity index (χ4n) is 2.81. The number of aryl methyl sites for hydroxylation is 3. The summed E-state index contributed by atoms with van der Waals surface area (Å²) in [7, 11) is 1.64. The van der Waals surface area contributed by atoms with Gasteiger partial charge < -0.3 is 19.5 Å². The number of halogens is 1. The summed E-state index contributed by atoms with van der Waals surface area (Å²) in [5, 5.41) is 6.59. The molecule has 7 nitrogen and oxygen atoms in total. The normalized spacial score (nSPS) is 10.7. The Morgan fingerprint density at radius 2 is 1.97 bits per heavy atom. The highest BCUT2D eigenvalue weighted by molar-refractivity contribution is 5.89. The summed E-state index contributed by atoms with van der Waals surface area (Å²) in [6.07, 6.45) is 0.416. The number of aromatic nitrogens is 2. The van der Waals surface area contributed by atoms with Crippen LogP contribution in [-0.2, 0) is 13.0 Å². The first-order valence-corrected chi connectivity index (χ1v) is 9.61. The third kappa shape index (κ3) is 5.56. The molecule has 158 valence electrons. The Morgan fingerprint density at radius 3 is 2.70 bits per heavy atom. The molecule has 30 heavy (non-hydrogen) atoms. The van der Waals surface area contributed by atoms with Crippen LogP contribution in [0.1, 0.15) is 28.4 Å². The third-order valence-electron chi connectivity index (χ3n) is 4.63. The van der Waals surface area contributed by atoms with Crippen LogP contribution in [0.5, 0.6) is 5.75 Å². The molecule has 0 aliphatic rings. The number of rotatable bonds is 7. The fourth-order valence-corrected chi connectivity index (χ4v) is 2.81. The Bertz CT molecular complexity index is 1030. The van der Waals surface area contributed by atoms with Gasteiger partial charge in [0.1, 0.15) is 11.6 Å². The van der Waals surface area contributed by atoms with Gasteiger partial charge in [0.2, 0.25) is 0 Å². The molecule has 3 rings (SSSR count). The predicted molar refractivity (Wildman–Crippen MR) is 111 cm³/mol. The third-order valence-corrected chi connectivity index (χ3v) is 4.63. The molecule has 1 heterocycles. The van der Waals surface area contributed by atoms with Crippen molar-refractivity contribution in [3.8, 4) is 5.75 Å². The lowest BCUT2D eigenvalue weighted by molar-refractivity contribution is 0.222. The lowest BCUT2D eigenvalue weighted by Gasteiger charge is -2.17. The Hall–Kier alpha value is -3.42. The predicted octanol–water partition coefficient (Wildman–Crippen LogP) is 4.42. The molecule has 0 radical (unpaired) electrons. The van der Waals surface area contributed by atoms with E-state index in [2.05, 4.69) is 15.5 Å². The van der Waals surface area contributed by atoms with E-state index in [9.17, 15) is 9.18 Å². The standard InChI is InChI=1S/C22H25FN4O3/c1-14-5-8-19(16(3)11-14)29-13-21-25-20(26-30-21)9-10-27(4)22(28)24-17-7-6-15(2)18(23)12-17/h5-8,11-12H,9-10,13H2,1-4H3,(H,24,28). The first-order valence-electron chi connectivity index (χ1n) is 9.61. The van der Waals surface area contributed by atoms with Crippen molar-refractivity contribution in [1.29, 1.82) is 0 Å². The van der Waals surface area contributed by atoms with Gasteiger partial charge in [0.15, 0.2) is 12.4 Å². The van der Waals surface area contributed by atoms with Crippen LogP contribution in [0.3, 0.4) is 0 Å². The topological polar surface area (TPSA) is 80.5 Å². The summed E-state index contributed by atoms with van der Waals surface area (Å²) < 4.78 is 24.6. The Morgan fingerprint density at radius 1 is 1.17 bits per heavy atom. The summed E-state index contributed by atoms with van der Waals surface area (Å²) in [5.74, 6) is 1.25. The number of carbonyl (C=O) groups excluding carboxylic acids is 1. The van der Waals surface area contributed by atoms with Crippen LogP contribution in [0.2, 0.25) is 0 Å². The second kappa shape index (κ2) is 9.39. The van der Waals surface area contributed by atoms with Crippen molar-refractivity contribution >= 4 is 11.7 Å². The van der Waals surface area contributed by atoms with Gasteiger partial charge in [-0.05, 0) is 50.1 Å². The molecule has 0 atom stereocenters. The van der Waals surface area contributed by atoms with E-state index in [1.807, 2.05) is 32.0 Å². The maximum atomic E-state index is 13.6. The van der Waals surface area contributed by atoms with Gasteiger partial charge in [-0.25, -0.2) is 9.18 Å². The molecule has 0 unspecified atom stereocenters. The van der Waals surface area contributed by atoms with Crippen LogP contribution in [0.25, 0.3) is 0 Å². The molecular weight excluding hydrogens is 387 g/mol. The van der Waals surface area contributed by atoms with Gasteiger partial charge in [-0.1, -0.05) is 28.9 Å². The van der Waals surface area contributed by atoms with Crippen molar-refractivity contribution in [3.63, 3.8) is 0 Å². The van der Waals surface area contributed by atoms with Crippen molar-refractivity contribution in [2.45, 2.75) is 33.8 Å². The maximum absolute atomic E-state index is 13.6. The number of nitrogens with zero attached hydrogens (tertiary/aromatic N) is 3. The van der Waals surface area contributed by atoms with E-state index in [1.165, 1.54) is 16.5 Å². The molecule has 0 saturated carbocycles. The lowest BCUT2D eigenvalue weighted by atomic mass is 10.1. The van der Waals surface area contributed by atoms with Crippen molar-refractivity contribution in [3.05, 3.63) is 70.6 Å². The average molecular weight is 412 g/mol. The highest BCUT2D eigenvalue weighted by atomic mass is 19.1. The molecule has 3 aromatic rings. The fraction of sp³-hybridized carbons (Fsp3) is 0.318. The van der Waals surface area contributed by atoms with Crippen molar-refractivity contribution in [2.24, 2.45) is 0 Å². The molecule has 2 amide bonds. The zero-order chi connectivity index (χ0) is 21.7. The monoisotopic (exact) mass is 412 g/mol. The van der Waals surface area contributed by atoms with E-state index in [1.54, 1.807) is 26.1 Å². The highest BCUT2D eigenvalue weighted by Gasteiger charge is 2.13. The molecule has 1 N–H and O–H groups in total. The summed E-state index contributed by atoms with van der Waals surface area (Å²) in [4.78, 5) is 18.0. The van der Waals surface area contributed by atoms with E-state index < -0.39 is 0 Å². The molecule has 0 bridgehead atoms. The van der Waals surface area contributed by atoms with Crippen LogP contribution in [0, 0.1) is 26.6 Å². The van der Waals surface area contributed by atoms with Crippen molar-refractivity contribution < 1.29 is 18.4 Å². The number of nitrogens with one attached hydrogen (secondary N) is 1. The molecule has 0 spiro atoms. The number of carbonyl (C=O) groups is 1. The van der Waals surface area contributed by atoms with Crippen molar-refractivity contribution in [2.75, 3.05) is 18.9 Å². The van der Waals surface area contributed by atoms with E-state index in [0.717, 1.165) is 11.3 Å². The van der Waals surface area contributed by atoms with Crippen LogP contribution in [-0.4, -0.2) is 34.7 Å². The minimum atomic E-state index is -0.363.